The molecule has 1 aliphatic rings. The topological polar surface area (TPSA) is 76.0 Å². The summed E-state index contributed by atoms with van der Waals surface area (Å²) in [4.78, 5) is 23.9. The van der Waals surface area contributed by atoms with Gasteiger partial charge < -0.3 is 5.11 Å². The van der Waals surface area contributed by atoms with Gasteiger partial charge in [-0.05, 0) is 31.0 Å². The Hall–Kier alpha value is -2.30. The first-order chi connectivity index (χ1) is 8.72. The third-order valence-electron chi connectivity index (χ3n) is 3.17. The molecule has 0 aromatic carbocycles. The predicted molar refractivity (Wildman–Crippen MR) is 63.8 cm³/mol. The van der Waals surface area contributed by atoms with Crippen molar-refractivity contribution in [3.8, 4) is 11.4 Å². The van der Waals surface area contributed by atoms with Gasteiger partial charge in [-0.3, -0.25) is 9.78 Å². The monoisotopic (exact) mass is 241 g/mol. The zero-order valence-electron chi connectivity index (χ0n) is 9.58. The van der Waals surface area contributed by atoms with Crippen LogP contribution in [-0.4, -0.2) is 26.0 Å². The minimum absolute atomic E-state index is 0.387. The maximum absolute atomic E-state index is 11.2. The van der Waals surface area contributed by atoms with Crippen LogP contribution in [-0.2, 0) is 10.2 Å². The lowest BCUT2D eigenvalue weighted by Crippen LogP contribution is -2.22. The number of carbonyl (C=O) groups is 1. The Morgan fingerprint density at radius 3 is 2.56 bits per heavy atom. The second-order valence-corrected chi connectivity index (χ2v) is 4.37. The van der Waals surface area contributed by atoms with Gasteiger partial charge in [0.05, 0.1) is 11.4 Å². The summed E-state index contributed by atoms with van der Waals surface area (Å²) in [7, 11) is 0. The summed E-state index contributed by atoms with van der Waals surface area (Å²) in [5, 5.41) is 9.22. The Kier molecular flexibility index (Phi) is 2.33. The van der Waals surface area contributed by atoms with Crippen molar-refractivity contribution >= 4 is 5.97 Å². The highest BCUT2D eigenvalue weighted by Gasteiger charge is 2.54. The molecular weight excluding hydrogens is 230 g/mol. The molecule has 5 heteroatoms. The van der Waals surface area contributed by atoms with Crippen molar-refractivity contribution in [2.45, 2.75) is 18.3 Å². The summed E-state index contributed by atoms with van der Waals surface area (Å²) < 4.78 is 0. The molecule has 0 bridgehead atoms. The molecule has 2 aromatic heterocycles. The van der Waals surface area contributed by atoms with Crippen LogP contribution in [0.25, 0.3) is 11.4 Å². The third kappa shape index (κ3) is 1.64. The van der Waals surface area contributed by atoms with Gasteiger partial charge in [-0.2, -0.15) is 0 Å². The van der Waals surface area contributed by atoms with E-state index in [9.17, 15) is 9.90 Å². The van der Waals surface area contributed by atoms with Gasteiger partial charge in [0.25, 0.3) is 0 Å². The number of aromatic nitrogens is 3. The molecule has 1 N–H and O–H groups in total. The molecule has 18 heavy (non-hydrogen) atoms. The zero-order valence-corrected chi connectivity index (χ0v) is 9.58. The van der Waals surface area contributed by atoms with Gasteiger partial charge in [-0.15, -0.1) is 0 Å². The predicted octanol–water partition coefficient (Wildman–Crippen LogP) is 1.65. The van der Waals surface area contributed by atoms with Crippen LogP contribution in [0.3, 0.4) is 0 Å². The molecule has 0 spiro atoms. The molecule has 90 valence electrons. The highest BCUT2D eigenvalue weighted by Crippen LogP contribution is 2.46. The van der Waals surface area contributed by atoms with Gasteiger partial charge in [-0.25, -0.2) is 9.97 Å². The van der Waals surface area contributed by atoms with E-state index < -0.39 is 11.4 Å². The summed E-state index contributed by atoms with van der Waals surface area (Å²) in [5.41, 5.74) is 0.514. The molecule has 2 aromatic rings. The third-order valence-corrected chi connectivity index (χ3v) is 3.17. The van der Waals surface area contributed by atoms with Gasteiger partial charge in [-0.1, -0.05) is 6.07 Å². The van der Waals surface area contributed by atoms with Crippen LogP contribution in [0.1, 0.15) is 18.7 Å². The summed E-state index contributed by atoms with van der Waals surface area (Å²) >= 11 is 0. The van der Waals surface area contributed by atoms with Crippen molar-refractivity contribution in [3.63, 3.8) is 0 Å². The smallest absolute Gasteiger partial charge is 0.317 e. The standard InChI is InChI=1S/C13H11N3O2/c17-12(18)13(5-6-13)11-15-8-4-10(16-11)9-3-1-2-7-14-9/h1-4,7-8H,5-6H2,(H,17,18). The van der Waals surface area contributed by atoms with E-state index in [0.29, 0.717) is 24.4 Å². The molecule has 3 rings (SSSR count). The van der Waals surface area contributed by atoms with Crippen molar-refractivity contribution in [1.82, 2.24) is 15.0 Å². The first kappa shape index (κ1) is 10.8. The van der Waals surface area contributed by atoms with Crippen LogP contribution in [0, 0.1) is 0 Å². The average Bonchev–Trinajstić information content (AvgIpc) is 3.21. The number of carboxylic acid groups (broad SMARTS) is 1. The molecule has 1 aliphatic carbocycles. The summed E-state index contributed by atoms with van der Waals surface area (Å²) in [6.45, 7) is 0. The molecular formula is C13H11N3O2. The van der Waals surface area contributed by atoms with Crippen molar-refractivity contribution in [3.05, 3.63) is 42.5 Å². The van der Waals surface area contributed by atoms with E-state index in [1.54, 1.807) is 18.5 Å². The second-order valence-electron chi connectivity index (χ2n) is 4.37. The molecule has 1 fully saturated rings. The second kappa shape index (κ2) is 3.87. The molecule has 0 aliphatic heterocycles. The van der Waals surface area contributed by atoms with Gasteiger partial charge in [0.1, 0.15) is 11.2 Å². The fraction of sp³-hybridized carbons (Fsp3) is 0.231. The van der Waals surface area contributed by atoms with Crippen molar-refractivity contribution < 1.29 is 9.90 Å². The number of rotatable bonds is 3. The lowest BCUT2D eigenvalue weighted by Gasteiger charge is -2.08. The first-order valence-corrected chi connectivity index (χ1v) is 5.71. The van der Waals surface area contributed by atoms with E-state index in [4.69, 9.17) is 0 Å². The molecule has 0 atom stereocenters. The number of aliphatic carboxylic acids is 1. The fourth-order valence-electron chi connectivity index (χ4n) is 1.90. The largest absolute Gasteiger partial charge is 0.480 e. The van der Waals surface area contributed by atoms with E-state index in [0.717, 1.165) is 5.69 Å². The van der Waals surface area contributed by atoms with Crippen molar-refractivity contribution in [2.75, 3.05) is 0 Å². The Labute approximate surface area is 104 Å². The SMILES string of the molecule is O=C(O)C1(c2nccc(-c3ccccn3)n2)CC1. The normalized spacial score (nSPS) is 16.2. The molecule has 2 heterocycles. The molecule has 0 unspecified atom stereocenters. The minimum atomic E-state index is -0.870. The van der Waals surface area contributed by atoms with Crippen LogP contribution >= 0.6 is 0 Å². The van der Waals surface area contributed by atoms with Crippen LogP contribution in [0.2, 0.25) is 0 Å². The highest BCUT2D eigenvalue weighted by molar-refractivity contribution is 5.83. The lowest BCUT2D eigenvalue weighted by molar-refractivity contribution is -0.140. The van der Waals surface area contributed by atoms with Crippen LogP contribution < -0.4 is 0 Å². The number of hydrogen-bond acceptors (Lipinski definition) is 4. The first-order valence-electron chi connectivity index (χ1n) is 5.71. The molecule has 0 saturated heterocycles. The number of pyridine rings is 1. The Balaban J connectivity index is 2.03. The quantitative estimate of drug-likeness (QED) is 0.884. The Morgan fingerprint density at radius 2 is 1.94 bits per heavy atom. The fourth-order valence-corrected chi connectivity index (χ4v) is 1.90. The van der Waals surface area contributed by atoms with Gasteiger partial charge in [0.2, 0.25) is 0 Å². The zero-order chi connectivity index (χ0) is 12.6. The van der Waals surface area contributed by atoms with Crippen molar-refractivity contribution in [1.29, 1.82) is 0 Å². The van der Waals surface area contributed by atoms with E-state index in [1.807, 2.05) is 18.2 Å². The van der Waals surface area contributed by atoms with Gasteiger partial charge in [0.15, 0.2) is 0 Å². The number of hydrogen-bond donors (Lipinski definition) is 1. The molecule has 0 radical (unpaired) electrons. The lowest BCUT2D eigenvalue weighted by atomic mass is 10.1. The highest BCUT2D eigenvalue weighted by atomic mass is 16.4. The van der Waals surface area contributed by atoms with Crippen LogP contribution in [0.15, 0.2) is 36.7 Å². The van der Waals surface area contributed by atoms with Crippen LogP contribution in [0.5, 0.6) is 0 Å². The van der Waals surface area contributed by atoms with E-state index in [2.05, 4.69) is 15.0 Å². The maximum Gasteiger partial charge on any atom is 0.317 e. The molecule has 0 amide bonds. The molecule has 1 saturated carbocycles. The molecule has 5 nitrogen and oxygen atoms in total. The summed E-state index contributed by atoms with van der Waals surface area (Å²) in [5.74, 6) is -0.459. The maximum atomic E-state index is 11.2. The summed E-state index contributed by atoms with van der Waals surface area (Å²) in [6, 6.07) is 7.27. The number of carboxylic acids is 1. The summed E-state index contributed by atoms with van der Waals surface area (Å²) in [6.07, 6.45) is 4.48. The minimum Gasteiger partial charge on any atom is -0.480 e. The van der Waals surface area contributed by atoms with Crippen LogP contribution in [0.4, 0.5) is 0 Å². The number of nitrogens with zero attached hydrogens (tertiary/aromatic N) is 3. The van der Waals surface area contributed by atoms with E-state index >= 15 is 0 Å². The van der Waals surface area contributed by atoms with Crippen molar-refractivity contribution in [2.24, 2.45) is 0 Å². The van der Waals surface area contributed by atoms with E-state index in [-0.39, 0.29) is 0 Å². The van der Waals surface area contributed by atoms with Gasteiger partial charge >= 0.3 is 5.97 Å². The Morgan fingerprint density at radius 1 is 1.11 bits per heavy atom. The van der Waals surface area contributed by atoms with E-state index in [1.165, 1.54) is 0 Å². The average molecular weight is 241 g/mol. The van der Waals surface area contributed by atoms with Gasteiger partial charge in [0, 0.05) is 12.4 Å². The Bertz CT molecular complexity index is 594.